The Morgan fingerprint density at radius 1 is 1.35 bits per heavy atom. The SMILES string of the molecule is CCc1cc(C(=O)N2CCC[C@]3(CCC(=O)N(CCC(C)C)C3)C2)no1. The average Bonchev–Trinajstić information content (AvgIpc) is 3.11. The maximum absolute atomic E-state index is 12.8. The molecule has 2 aliphatic rings. The number of likely N-dealkylation sites (tertiary alicyclic amines) is 2. The fraction of sp³-hybridized carbons (Fsp3) is 0.750. The Bertz CT molecular complexity index is 654. The van der Waals surface area contributed by atoms with E-state index in [9.17, 15) is 9.59 Å². The second-order valence-electron chi connectivity index (χ2n) is 8.36. The van der Waals surface area contributed by atoms with Crippen molar-refractivity contribution in [3.8, 4) is 0 Å². The van der Waals surface area contributed by atoms with Crippen LogP contribution in [0.5, 0.6) is 0 Å². The highest BCUT2D eigenvalue weighted by Gasteiger charge is 2.43. The van der Waals surface area contributed by atoms with Crippen molar-refractivity contribution in [2.45, 2.75) is 59.3 Å². The molecule has 6 heteroatoms. The van der Waals surface area contributed by atoms with Crippen LogP contribution in [0.2, 0.25) is 0 Å². The Balaban J connectivity index is 1.68. The highest BCUT2D eigenvalue weighted by Crippen LogP contribution is 2.39. The van der Waals surface area contributed by atoms with Gasteiger partial charge in [0.05, 0.1) is 0 Å². The molecule has 1 aromatic heterocycles. The Kier molecular flexibility index (Phi) is 5.68. The topological polar surface area (TPSA) is 66.7 Å². The van der Waals surface area contributed by atoms with Crippen LogP contribution in [0.25, 0.3) is 0 Å². The van der Waals surface area contributed by atoms with Crippen molar-refractivity contribution >= 4 is 11.8 Å². The van der Waals surface area contributed by atoms with Crippen LogP contribution < -0.4 is 0 Å². The molecule has 0 saturated carbocycles. The van der Waals surface area contributed by atoms with Gasteiger partial charge in [0, 0.05) is 50.5 Å². The number of nitrogens with zero attached hydrogens (tertiary/aromatic N) is 3. The first-order valence-electron chi connectivity index (χ1n) is 9.95. The van der Waals surface area contributed by atoms with Crippen LogP contribution in [-0.2, 0) is 11.2 Å². The lowest BCUT2D eigenvalue weighted by atomic mass is 9.73. The number of carbonyl (C=O) groups is 2. The molecule has 6 nitrogen and oxygen atoms in total. The molecule has 1 aromatic rings. The maximum atomic E-state index is 12.8. The van der Waals surface area contributed by atoms with Crippen LogP contribution in [0.1, 0.15) is 69.1 Å². The minimum atomic E-state index is -0.0434. The Morgan fingerprint density at radius 2 is 2.15 bits per heavy atom. The van der Waals surface area contributed by atoms with Crippen molar-refractivity contribution in [1.29, 1.82) is 0 Å². The first kappa shape index (κ1) is 18.9. The van der Waals surface area contributed by atoms with Gasteiger partial charge in [0.25, 0.3) is 5.91 Å². The molecule has 0 N–H and O–H groups in total. The van der Waals surface area contributed by atoms with E-state index in [0.717, 1.165) is 57.5 Å². The summed E-state index contributed by atoms with van der Waals surface area (Å²) >= 11 is 0. The number of piperidine rings is 2. The summed E-state index contributed by atoms with van der Waals surface area (Å²) < 4.78 is 5.20. The van der Waals surface area contributed by atoms with Crippen molar-refractivity contribution in [3.05, 3.63) is 17.5 Å². The van der Waals surface area contributed by atoms with Crippen molar-refractivity contribution in [2.75, 3.05) is 26.2 Å². The van der Waals surface area contributed by atoms with E-state index in [1.807, 2.05) is 16.7 Å². The molecule has 3 heterocycles. The van der Waals surface area contributed by atoms with Gasteiger partial charge in [-0.25, -0.2) is 0 Å². The molecule has 2 amide bonds. The number of carbonyl (C=O) groups excluding carboxylic acids is 2. The molecule has 2 saturated heterocycles. The van der Waals surface area contributed by atoms with Crippen LogP contribution in [-0.4, -0.2) is 52.9 Å². The van der Waals surface area contributed by atoms with Crippen molar-refractivity contribution in [1.82, 2.24) is 15.0 Å². The first-order chi connectivity index (χ1) is 12.4. The first-order valence-corrected chi connectivity index (χ1v) is 9.95. The standard InChI is InChI=1S/C20H31N3O3/c1-4-16-12-17(21-26-16)19(25)23-10-5-8-20(14-23)9-6-18(24)22(13-20)11-7-15(2)3/h12,15H,4-11,13-14H2,1-3H3/t20-/m1/s1. The van der Waals surface area contributed by atoms with E-state index >= 15 is 0 Å². The molecule has 1 spiro atoms. The molecule has 0 unspecified atom stereocenters. The minimum Gasteiger partial charge on any atom is -0.361 e. The molecule has 144 valence electrons. The number of aryl methyl sites for hydroxylation is 1. The van der Waals surface area contributed by atoms with Gasteiger partial charge in [0.15, 0.2) is 5.69 Å². The van der Waals surface area contributed by atoms with Gasteiger partial charge in [0.1, 0.15) is 5.76 Å². The fourth-order valence-electron chi connectivity index (χ4n) is 4.18. The molecule has 0 bridgehead atoms. The fourth-order valence-corrected chi connectivity index (χ4v) is 4.18. The molecule has 26 heavy (non-hydrogen) atoms. The number of aromatic nitrogens is 1. The van der Waals surface area contributed by atoms with Gasteiger partial charge in [-0.05, 0) is 31.6 Å². The Morgan fingerprint density at radius 3 is 2.85 bits per heavy atom. The van der Waals surface area contributed by atoms with E-state index in [2.05, 4.69) is 19.0 Å². The van der Waals surface area contributed by atoms with Crippen molar-refractivity contribution in [3.63, 3.8) is 0 Å². The van der Waals surface area contributed by atoms with E-state index in [-0.39, 0.29) is 17.2 Å². The van der Waals surface area contributed by atoms with Gasteiger partial charge in [-0.2, -0.15) is 0 Å². The largest absolute Gasteiger partial charge is 0.361 e. The molecular formula is C20H31N3O3. The highest BCUT2D eigenvalue weighted by atomic mass is 16.5. The number of rotatable bonds is 5. The van der Waals surface area contributed by atoms with Crippen LogP contribution >= 0.6 is 0 Å². The van der Waals surface area contributed by atoms with E-state index in [1.165, 1.54) is 0 Å². The van der Waals surface area contributed by atoms with Crippen LogP contribution in [0, 0.1) is 11.3 Å². The lowest BCUT2D eigenvalue weighted by Crippen LogP contribution is -2.55. The zero-order valence-electron chi connectivity index (χ0n) is 16.3. The lowest BCUT2D eigenvalue weighted by molar-refractivity contribution is -0.139. The van der Waals surface area contributed by atoms with Gasteiger partial charge in [-0.3, -0.25) is 9.59 Å². The predicted molar refractivity (Wildman–Crippen MR) is 98.7 cm³/mol. The van der Waals surface area contributed by atoms with Gasteiger partial charge in [0.2, 0.25) is 5.91 Å². The van der Waals surface area contributed by atoms with Gasteiger partial charge >= 0.3 is 0 Å². The van der Waals surface area contributed by atoms with Gasteiger partial charge in [-0.1, -0.05) is 25.9 Å². The third kappa shape index (κ3) is 4.10. The maximum Gasteiger partial charge on any atom is 0.276 e. The highest BCUT2D eigenvalue weighted by molar-refractivity contribution is 5.92. The summed E-state index contributed by atoms with van der Waals surface area (Å²) in [6.07, 6.45) is 5.31. The smallest absolute Gasteiger partial charge is 0.276 e. The molecule has 2 aliphatic heterocycles. The third-order valence-electron chi connectivity index (χ3n) is 5.80. The van der Waals surface area contributed by atoms with Crippen LogP contribution in [0.4, 0.5) is 0 Å². The molecule has 0 radical (unpaired) electrons. The summed E-state index contributed by atoms with van der Waals surface area (Å²) in [6.45, 7) is 9.44. The molecule has 3 rings (SSSR count). The second-order valence-corrected chi connectivity index (χ2v) is 8.36. The average molecular weight is 361 g/mol. The molecule has 0 aromatic carbocycles. The zero-order chi connectivity index (χ0) is 18.7. The second kappa shape index (κ2) is 7.80. The molecular weight excluding hydrogens is 330 g/mol. The summed E-state index contributed by atoms with van der Waals surface area (Å²) in [4.78, 5) is 29.1. The van der Waals surface area contributed by atoms with Crippen LogP contribution in [0.3, 0.4) is 0 Å². The van der Waals surface area contributed by atoms with E-state index < -0.39 is 0 Å². The van der Waals surface area contributed by atoms with Crippen molar-refractivity contribution < 1.29 is 14.1 Å². The number of hydrogen-bond donors (Lipinski definition) is 0. The van der Waals surface area contributed by atoms with Gasteiger partial charge < -0.3 is 14.3 Å². The summed E-state index contributed by atoms with van der Waals surface area (Å²) in [6, 6.07) is 1.75. The quantitative estimate of drug-likeness (QED) is 0.808. The summed E-state index contributed by atoms with van der Waals surface area (Å²) in [5.41, 5.74) is 0.443. The molecule has 2 fully saturated rings. The van der Waals surface area contributed by atoms with E-state index in [1.54, 1.807) is 6.07 Å². The minimum absolute atomic E-state index is 0.0378. The van der Waals surface area contributed by atoms with E-state index in [4.69, 9.17) is 4.52 Å². The molecule has 1 atom stereocenters. The van der Waals surface area contributed by atoms with Crippen LogP contribution in [0.15, 0.2) is 10.6 Å². The van der Waals surface area contributed by atoms with Crippen molar-refractivity contribution in [2.24, 2.45) is 11.3 Å². The summed E-state index contributed by atoms with van der Waals surface area (Å²) in [7, 11) is 0. The summed E-state index contributed by atoms with van der Waals surface area (Å²) in [5.74, 6) is 1.55. The normalized spacial score (nSPS) is 23.9. The molecule has 0 aliphatic carbocycles. The summed E-state index contributed by atoms with van der Waals surface area (Å²) in [5, 5.41) is 3.94. The Labute approximate surface area is 155 Å². The Hall–Kier alpha value is -1.85. The third-order valence-corrected chi connectivity index (χ3v) is 5.80. The zero-order valence-corrected chi connectivity index (χ0v) is 16.3. The number of hydrogen-bond acceptors (Lipinski definition) is 4. The van der Waals surface area contributed by atoms with Gasteiger partial charge in [-0.15, -0.1) is 0 Å². The predicted octanol–water partition coefficient (Wildman–Crippen LogP) is 3.13. The number of amides is 2. The monoisotopic (exact) mass is 361 g/mol. The lowest BCUT2D eigenvalue weighted by Gasteiger charge is -2.48. The van der Waals surface area contributed by atoms with E-state index in [0.29, 0.717) is 24.6 Å².